The number of aromatic nitrogens is 2. The molecule has 0 radical (unpaired) electrons. The zero-order chi connectivity index (χ0) is 15.4. The van der Waals surface area contributed by atoms with Crippen LogP contribution in [0, 0.1) is 13.8 Å². The Bertz CT molecular complexity index is 631. The predicted octanol–water partition coefficient (Wildman–Crippen LogP) is 0.545. The second-order valence-corrected chi connectivity index (χ2v) is 4.69. The van der Waals surface area contributed by atoms with Gasteiger partial charge < -0.3 is 15.1 Å². The van der Waals surface area contributed by atoms with E-state index in [4.69, 9.17) is 4.42 Å². The predicted molar refractivity (Wildman–Crippen MR) is 75.6 cm³/mol. The summed E-state index contributed by atoms with van der Waals surface area (Å²) >= 11 is 0. The highest BCUT2D eigenvalue weighted by Crippen LogP contribution is 2.20. The van der Waals surface area contributed by atoms with Crippen LogP contribution in [-0.2, 0) is 9.59 Å². The molecule has 1 atom stereocenters. The van der Waals surface area contributed by atoms with Gasteiger partial charge in [0.05, 0.1) is 12.0 Å². The number of carbonyl (C=O) groups excluding carboxylic acids is 2. The first-order chi connectivity index (χ1) is 10.0. The average Bonchev–Trinajstić information content (AvgIpc) is 3.08. The fourth-order valence-corrected chi connectivity index (χ4v) is 2.13. The van der Waals surface area contributed by atoms with Gasteiger partial charge in [-0.2, -0.15) is 5.10 Å². The lowest BCUT2D eigenvalue weighted by atomic mass is 10.2. The highest BCUT2D eigenvalue weighted by molar-refractivity contribution is 6.35. The molecule has 2 N–H and O–H groups in total. The van der Waals surface area contributed by atoms with E-state index < -0.39 is 11.8 Å². The number of hydrogen-bond donors (Lipinski definition) is 2. The normalized spacial score (nSPS) is 12.0. The van der Waals surface area contributed by atoms with Gasteiger partial charge in [-0.15, -0.1) is 0 Å². The van der Waals surface area contributed by atoms with Crippen molar-refractivity contribution >= 4 is 11.8 Å². The molecule has 7 nitrogen and oxygen atoms in total. The van der Waals surface area contributed by atoms with Crippen LogP contribution < -0.4 is 10.6 Å². The van der Waals surface area contributed by atoms with Gasteiger partial charge in [0, 0.05) is 19.3 Å². The highest BCUT2D eigenvalue weighted by Gasteiger charge is 2.22. The van der Waals surface area contributed by atoms with Crippen LogP contribution in [0.15, 0.2) is 28.9 Å². The van der Waals surface area contributed by atoms with Crippen molar-refractivity contribution in [2.24, 2.45) is 0 Å². The van der Waals surface area contributed by atoms with Crippen LogP contribution in [0.2, 0.25) is 0 Å². The summed E-state index contributed by atoms with van der Waals surface area (Å²) in [5.74, 6) is -0.699. The molecule has 1 unspecified atom stereocenters. The Balaban J connectivity index is 2.20. The van der Waals surface area contributed by atoms with Crippen molar-refractivity contribution in [1.29, 1.82) is 0 Å². The Morgan fingerprint density at radius 3 is 2.67 bits per heavy atom. The third kappa shape index (κ3) is 3.31. The number of hydrogen-bond acceptors (Lipinski definition) is 4. The van der Waals surface area contributed by atoms with Gasteiger partial charge in [0.15, 0.2) is 0 Å². The molecule has 0 spiro atoms. The number of nitrogens with zero attached hydrogens (tertiary/aromatic N) is 2. The summed E-state index contributed by atoms with van der Waals surface area (Å²) in [5.41, 5.74) is 1.82. The number of rotatable bonds is 4. The Hall–Kier alpha value is -2.57. The van der Waals surface area contributed by atoms with Gasteiger partial charge in [0.2, 0.25) is 0 Å². The van der Waals surface area contributed by atoms with E-state index in [9.17, 15) is 9.59 Å². The largest absolute Gasteiger partial charge is 0.467 e. The molecule has 21 heavy (non-hydrogen) atoms. The van der Waals surface area contributed by atoms with Crippen LogP contribution in [0.3, 0.4) is 0 Å². The van der Waals surface area contributed by atoms with Crippen LogP contribution in [0.1, 0.15) is 23.2 Å². The van der Waals surface area contributed by atoms with E-state index >= 15 is 0 Å². The first-order valence-corrected chi connectivity index (χ1v) is 6.59. The molecule has 0 aliphatic carbocycles. The Morgan fingerprint density at radius 2 is 2.14 bits per heavy atom. The number of furan rings is 1. The molecule has 2 aromatic heterocycles. The zero-order valence-corrected chi connectivity index (χ0v) is 12.2. The van der Waals surface area contributed by atoms with Crippen molar-refractivity contribution in [3.05, 3.63) is 41.6 Å². The summed E-state index contributed by atoms with van der Waals surface area (Å²) in [4.78, 5) is 22.8. The fourth-order valence-electron chi connectivity index (χ4n) is 2.13. The Kier molecular flexibility index (Phi) is 4.42. The summed E-state index contributed by atoms with van der Waals surface area (Å²) in [6, 6.07) is 5.22. The van der Waals surface area contributed by atoms with E-state index in [0.29, 0.717) is 5.76 Å². The molecule has 0 aliphatic rings. The second kappa shape index (κ2) is 6.25. The van der Waals surface area contributed by atoms with Crippen molar-refractivity contribution in [3.8, 4) is 0 Å². The van der Waals surface area contributed by atoms with Crippen LogP contribution in [0.5, 0.6) is 0 Å². The van der Waals surface area contributed by atoms with Gasteiger partial charge in [-0.05, 0) is 32.0 Å². The number of aryl methyl sites for hydroxylation is 2. The lowest BCUT2D eigenvalue weighted by Crippen LogP contribution is -2.41. The number of carbonyl (C=O) groups is 2. The Morgan fingerprint density at radius 1 is 1.38 bits per heavy atom. The van der Waals surface area contributed by atoms with Crippen molar-refractivity contribution in [3.63, 3.8) is 0 Å². The lowest BCUT2D eigenvalue weighted by Gasteiger charge is -2.17. The minimum absolute atomic E-state index is 0.210. The smallest absolute Gasteiger partial charge is 0.309 e. The van der Waals surface area contributed by atoms with Crippen LogP contribution in [0.4, 0.5) is 0 Å². The number of nitrogens with one attached hydrogen (secondary N) is 2. The Labute approximate surface area is 122 Å². The molecule has 2 rings (SSSR count). The molecule has 0 fully saturated rings. The molecular weight excluding hydrogens is 272 g/mol. The van der Waals surface area contributed by atoms with Crippen LogP contribution in [-0.4, -0.2) is 35.2 Å². The van der Waals surface area contributed by atoms with Gasteiger partial charge in [-0.25, -0.2) is 0 Å². The maximum absolute atomic E-state index is 11.6. The SMILES string of the molecule is CNC(=O)C(=O)NCC(c1ccco1)n1nc(C)cc1C. The van der Waals surface area contributed by atoms with Gasteiger partial charge in [0.1, 0.15) is 11.8 Å². The molecule has 2 heterocycles. The summed E-state index contributed by atoms with van der Waals surface area (Å²) in [6.45, 7) is 4.03. The van der Waals surface area contributed by atoms with E-state index in [1.165, 1.54) is 7.05 Å². The summed E-state index contributed by atoms with van der Waals surface area (Å²) < 4.78 is 7.20. The van der Waals surface area contributed by atoms with Crippen LogP contribution >= 0.6 is 0 Å². The number of amides is 2. The average molecular weight is 290 g/mol. The minimum atomic E-state index is -0.685. The van der Waals surface area contributed by atoms with Crippen LogP contribution in [0.25, 0.3) is 0 Å². The molecule has 0 saturated carbocycles. The maximum Gasteiger partial charge on any atom is 0.309 e. The third-order valence-electron chi connectivity index (χ3n) is 3.10. The van der Waals surface area contributed by atoms with Crippen molar-refractivity contribution < 1.29 is 14.0 Å². The van der Waals surface area contributed by atoms with E-state index in [1.807, 2.05) is 26.0 Å². The first kappa shape index (κ1) is 14.8. The number of likely N-dealkylation sites (N-methyl/N-ethyl adjacent to an activating group) is 1. The molecule has 0 saturated heterocycles. The highest BCUT2D eigenvalue weighted by atomic mass is 16.3. The monoisotopic (exact) mass is 290 g/mol. The van der Waals surface area contributed by atoms with Crippen molar-refractivity contribution in [2.45, 2.75) is 19.9 Å². The quantitative estimate of drug-likeness (QED) is 0.805. The molecule has 0 bridgehead atoms. The molecule has 2 amide bonds. The van der Waals surface area contributed by atoms with Gasteiger partial charge in [0.25, 0.3) is 0 Å². The van der Waals surface area contributed by atoms with Crippen molar-refractivity contribution in [1.82, 2.24) is 20.4 Å². The standard InChI is InChI=1S/C14H18N4O3/c1-9-7-10(2)18(17-9)11(12-5-4-6-21-12)8-16-14(20)13(19)15-3/h4-7,11H,8H2,1-3H3,(H,15,19)(H,16,20). The first-order valence-electron chi connectivity index (χ1n) is 6.59. The minimum Gasteiger partial charge on any atom is -0.467 e. The molecule has 0 aromatic carbocycles. The van der Waals surface area contributed by atoms with Gasteiger partial charge in [-0.3, -0.25) is 14.3 Å². The second-order valence-electron chi connectivity index (χ2n) is 4.69. The van der Waals surface area contributed by atoms with Gasteiger partial charge >= 0.3 is 11.8 Å². The van der Waals surface area contributed by atoms with Crippen molar-refractivity contribution in [2.75, 3.05) is 13.6 Å². The molecule has 112 valence electrons. The topological polar surface area (TPSA) is 89.2 Å². The van der Waals surface area contributed by atoms with E-state index in [2.05, 4.69) is 15.7 Å². The molecule has 0 aliphatic heterocycles. The summed E-state index contributed by atoms with van der Waals surface area (Å²) in [7, 11) is 1.41. The summed E-state index contributed by atoms with van der Waals surface area (Å²) in [6.07, 6.45) is 1.56. The molecular formula is C14H18N4O3. The molecule has 7 heteroatoms. The van der Waals surface area contributed by atoms with Gasteiger partial charge in [-0.1, -0.05) is 0 Å². The van der Waals surface area contributed by atoms with E-state index in [1.54, 1.807) is 17.0 Å². The maximum atomic E-state index is 11.6. The zero-order valence-electron chi connectivity index (χ0n) is 12.2. The van der Waals surface area contributed by atoms with E-state index in [0.717, 1.165) is 11.4 Å². The molecule has 2 aromatic rings. The summed E-state index contributed by atoms with van der Waals surface area (Å²) in [5, 5.41) is 9.28. The third-order valence-corrected chi connectivity index (χ3v) is 3.10. The fraction of sp³-hybridized carbons (Fsp3) is 0.357. The lowest BCUT2D eigenvalue weighted by molar-refractivity contribution is -0.138. The van der Waals surface area contributed by atoms with E-state index in [-0.39, 0.29) is 12.6 Å².